The largest absolute Gasteiger partial charge is 0.103 e. The molecule has 0 heterocycles. The van der Waals surface area contributed by atoms with E-state index in [2.05, 4.69) is 62.6 Å². The molecule has 2 fully saturated rings. The summed E-state index contributed by atoms with van der Waals surface area (Å²) < 4.78 is 0. The van der Waals surface area contributed by atoms with E-state index in [-0.39, 0.29) is 0 Å². The Kier molecular flexibility index (Phi) is 8.92. The molecule has 1 aromatic carbocycles. The van der Waals surface area contributed by atoms with Gasteiger partial charge in [0.1, 0.15) is 0 Å². The van der Waals surface area contributed by atoms with Crippen LogP contribution >= 0.6 is 0 Å². The van der Waals surface area contributed by atoms with Crippen molar-refractivity contribution in [3.63, 3.8) is 0 Å². The van der Waals surface area contributed by atoms with Gasteiger partial charge in [-0.2, -0.15) is 0 Å². The molecule has 2 aliphatic carbocycles. The van der Waals surface area contributed by atoms with Crippen LogP contribution < -0.4 is 0 Å². The molecule has 0 bridgehead atoms. The van der Waals surface area contributed by atoms with Gasteiger partial charge in [-0.25, -0.2) is 0 Å². The lowest BCUT2D eigenvalue weighted by Gasteiger charge is -2.32. The minimum absolute atomic E-state index is 0.626. The van der Waals surface area contributed by atoms with E-state index in [1.165, 1.54) is 88.2 Å². The normalized spacial score (nSPS) is 28.2. The average molecular weight is 391 g/mol. The lowest BCUT2D eigenvalue weighted by Crippen LogP contribution is -2.20. The molecule has 0 radical (unpaired) electrons. The fourth-order valence-corrected chi connectivity index (χ4v) is 5.62. The van der Waals surface area contributed by atoms with Crippen molar-refractivity contribution < 1.29 is 0 Å². The van der Waals surface area contributed by atoms with E-state index in [1.54, 1.807) is 0 Å². The van der Waals surface area contributed by atoms with Gasteiger partial charge in [0.25, 0.3) is 0 Å². The monoisotopic (exact) mass is 390 g/mol. The zero-order valence-corrected chi connectivity index (χ0v) is 19.0. The van der Waals surface area contributed by atoms with E-state index in [4.69, 9.17) is 0 Å². The van der Waals surface area contributed by atoms with Gasteiger partial charge in [-0.15, -0.1) is 6.58 Å². The minimum Gasteiger partial charge on any atom is -0.103 e. The van der Waals surface area contributed by atoms with Gasteiger partial charge in [-0.3, -0.25) is 0 Å². The summed E-state index contributed by atoms with van der Waals surface area (Å²) in [6.45, 7) is 8.68. The van der Waals surface area contributed by atoms with Crippen LogP contribution in [0.2, 0.25) is 0 Å². The van der Waals surface area contributed by atoms with E-state index in [1.807, 2.05) is 0 Å². The van der Waals surface area contributed by atoms with Crippen LogP contribution in [0.5, 0.6) is 0 Å². The molecule has 0 N–H and O–H groups in total. The second-order valence-corrected chi connectivity index (χ2v) is 9.72. The smallest absolute Gasteiger partial charge is 0.0245 e. The maximum absolute atomic E-state index is 4.05. The average Bonchev–Trinajstić information content (AvgIpc) is 2.79. The van der Waals surface area contributed by atoms with Crippen molar-refractivity contribution in [1.29, 1.82) is 0 Å². The second-order valence-electron chi connectivity index (χ2n) is 9.72. The third-order valence-corrected chi connectivity index (χ3v) is 7.91. The maximum atomic E-state index is 4.05. The van der Waals surface area contributed by atoms with Gasteiger partial charge in [0.2, 0.25) is 0 Å². The van der Waals surface area contributed by atoms with Crippen molar-refractivity contribution in [3.8, 4) is 11.8 Å². The predicted molar refractivity (Wildman–Crippen MR) is 127 cm³/mol. The molecule has 158 valence electrons. The van der Waals surface area contributed by atoms with Crippen molar-refractivity contribution in [1.82, 2.24) is 0 Å². The first-order chi connectivity index (χ1) is 14.2. The molecular formula is C29H42. The zero-order valence-electron chi connectivity index (χ0n) is 19.0. The Labute approximate surface area is 180 Å². The van der Waals surface area contributed by atoms with Gasteiger partial charge < -0.3 is 0 Å². The van der Waals surface area contributed by atoms with Crippen LogP contribution in [0.3, 0.4) is 0 Å². The molecule has 1 unspecified atom stereocenters. The Morgan fingerprint density at radius 3 is 2.17 bits per heavy atom. The molecule has 1 aromatic rings. The van der Waals surface area contributed by atoms with E-state index >= 15 is 0 Å². The molecule has 3 rings (SSSR count). The molecule has 0 spiro atoms. The molecule has 1 atom stereocenters. The number of hydrogen-bond donors (Lipinski definition) is 0. The number of hydrogen-bond acceptors (Lipinski definition) is 0. The van der Waals surface area contributed by atoms with Crippen molar-refractivity contribution in [2.45, 2.75) is 90.9 Å². The summed E-state index contributed by atoms with van der Waals surface area (Å²) >= 11 is 0. The Morgan fingerprint density at radius 2 is 1.59 bits per heavy atom. The van der Waals surface area contributed by atoms with Gasteiger partial charge in [0.05, 0.1) is 0 Å². The first kappa shape index (κ1) is 22.2. The Bertz CT molecular complexity index is 654. The lowest BCUT2D eigenvalue weighted by molar-refractivity contribution is 0.219. The first-order valence-electron chi connectivity index (χ1n) is 12.4. The van der Waals surface area contributed by atoms with Crippen LogP contribution in [0.4, 0.5) is 0 Å². The van der Waals surface area contributed by atoms with E-state index in [0.29, 0.717) is 5.92 Å². The summed E-state index contributed by atoms with van der Waals surface area (Å²) in [4.78, 5) is 0. The number of benzene rings is 1. The van der Waals surface area contributed by atoms with Crippen LogP contribution in [-0.2, 0) is 6.42 Å². The van der Waals surface area contributed by atoms with Crippen LogP contribution in [-0.4, -0.2) is 0 Å². The predicted octanol–water partition coefficient (Wildman–Crippen LogP) is 8.21. The number of aryl methyl sites for hydroxylation is 1. The second kappa shape index (κ2) is 11.6. The highest BCUT2D eigenvalue weighted by atomic mass is 14.3. The summed E-state index contributed by atoms with van der Waals surface area (Å²) in [7, 11) is 0. The summed E-state index contributed by atoms with van der Waals surface area (Å²) in [6.07, 6.45) is 18.4. The topological polar surface area (TPSA) is 0 Å². The highest BCUT2D eigenvalue weighted by Gasteiger charge is 2.25. The third kappa shape index (κ3) is 6.77. The fourth-order valence-electron chi connectivity index (χ4n) is 5.62. The fraction of sp³-hybridized carbons (Fsp3) is 0.655. The van der Waals surface area contributed by atoms with Crippen LogP contribution in [0, 0.1) is 41.4 Å². The molecule has 2 aliphatic rings. The SMILES string of the molecule is C=CC(CC)C1CCC(CCc2ccc(C#CC3CCC(CC)CC3)cc2)CC1. The van der Waals surface area contributed by atoms with Gasteiger partial charge >= 0.3 is 0 Å². The molecule has 29 heavy (non-hydrogen) atoms. The molecule has 0 nitrogen and oxygen atoms in total. The minimum atomic E-state index is 0.626. The van der Waals surface area contributed by atoms with E-state index in [0.717, 1.165) is 23.7 Å². The summed E-state index contributed by atoms with van der Waals surface area (Å²) in [6, 6.07) is 9.11. The standard InChI is InChI=1S/C29H42/c1-4-23-7-9-24(10-8-23)11-12-25-13-15-26(16-14-25)17-18-27-19-21-29(22-20-27)28(5-2)6-3/h5,13-16,23-24,27-29H,2,4,6-10,17-22H2,1,3H3. The summed E-state index contributed by atoms with van der Waals surface area (Å²) in [5.41, 5.74) is 2.68. The van der Waals surface area contributed by atoms with Crippen LogP contribution in [0.15, 0.2) is 36.9 Å². The maximum Gasteiger partial charge on any atom is 0.0245 e. The third-order valence-electron chi connectivity index (χ3n) is 7.91. The highest BCUT2D eigenvalue weighted by molar-refractivity contribution is 5.36. The summed E-state index contributed by atoms with van der Waals surface area (Å²) in [5.74, 6) is 11.1. The van der Waals surface area contributed by atoms with E-state index in [9.17, 15) is 0 Å². The van der Waals surface area contributed by atoms with Crippen LogP contribution in [0.1, 0.15) is 95.6 Å². The number of allylic oxidation sites excluding steroid dienone is 1. The molecule has 0 aromatic heterocycles. The molecule has 0 aliphatic heterocycles. The van der Waals surface area contributed by atoms with Crippen molar-refractivity contribution in [2.24, 2.45) is 29.6 Å². The van der Waals surface area contributed by atoms with Gasteiger partial charge in [-0.05, 0) is 99.2 Å². The van der Waals surface area contributed by atoms with Gasteiger partial charge in [0.15, 0.2) is 0 Å². The quantitative estimate of drug-likeness (QED) is 0.325. The molecule has 0 amide bonds. The summed E-state index contributed by atoms with van der Waals surface area (Å²) in [5, 5.41) is 0. The van der Waals surface area contributed by atoms with Crippen LogP contribution in [0.25, 0.3) is 0 Å². The molecule has 2 saturated carbocycles. The van der Waals surface area contributed by atoms with Crippen molar-refractivity contribution in [2.75, 3.05) is 0 Å². The molecule has 0 saturated heterocycles. The highest BCUT2D eigenvalue weighted by Crippen LogP contribution is 2.37. The van der Waals surface area contributed by atoms with Crippen molar-refractivity contribution in [3.05, 3.63) is 48.0 Å². The van der Waals surface area contributed by atoms with E-state index < -0.39 is 0 Å². The lowest BCUT2D eigenvalue weighted by atomic mass is 9.73. The van der Waals surface area contributed by atoms with Crippen molar-refractivity contribution >= 4 is 0 Å². The van der Waals surface area contributed by atoms with Gasteiger partial charge in [-0.1, -0.05) is 63.2 Å². The first-order valence-corrected chi connectivity index (χ1v) is 12.4. The number of rotatable bonds is 7. The molecule has 0 heteroatoms. The Morgan fingerprint density at radius 1 is 0.931 bits per heavy atom. The van der Waals surface area contributed by atoms with Gasteiger partial charge in [0, 0.05) is 11.5 Å². The molecular weight excluding hydrogens is 348 g/mol. The zero-order chi connectivity index (χ0) is 20.5. The Hall–Kier alpha value is -1.48. The Balaban J connectivity index is 1.40.